The topological polar surface area (TPSA) is 101 Å². The molecule has 1 aromatic heterocycles. The van der Waals surface area contributed by atoms with Crippen molar-refractivity contribution in [3.05, 3.63) is 46.3 Å². The average molecular weight is 351 g/mol. The molecule has 7 nitrogen and oxygen atoms in total. The molecule has 0 aliphatic rings. The molecule has 130 valence electrons. The standard InChI is InChI=1S/C16H21N3O4S/c1-10-5-6-14(9-11(10)2)16(20)17-7-8-18-24(21,22)15-12(3)19-23-13(15)4/h5-6,9,18H,7-8H2,1-4H3,(H,17,20). The van der Waals surface area contributed by atoms with E-state index in [9.17, 15) is 13.2 Å². The summed E-state index contributed by atoms with van der Waals surface area (Å²) in [7, 11) is -3.71. The Hall–Kier alpha value is -2.19. The third-order valence-electron chi connectivity index (χ3n) is 3.71. The Labute approximate surface area is 141 Å². The summed E-state index contributed by atoms with van der Waals surface area (Å²) in [6.45, 7) is 7.25. The summed E-state index contributed by atoms with van der Waals surface area (Å²) < 4.78 is 31.7. The van der Waals surface area contributed by atoms with E-state index in [-0.39, 0.29) is 29.7 Å². The average Bonchev–Trinajstić information content (AvgIpc) is 2.86. The summed E-state index contributed by atoms with van der Waals surface area (Å²) >= 11 is 0. The van der Waals surface area contributed by atoms with Gasteiger partial charge in [-0.1, -0.05) is 11.2 Å². The van der Waals surface area contributed by atoms with Crippen molar-refractivity contribution >= 4 is 15.9 Å². The molecule has 0 aliphatic carbocycles. The van der Waals surface area contributed by atoms with Crippen LogP contribution in [0.5, 0.6) is 0 Å². The molecule has 24 heavy (non-hydrogen) atoms. The first-order valence-corrected chi connectivity index (χ1v) is 8.98. The van der Waals surface area contributed by atoms with Crippen LogP contribution in [0.2, 0.25) is 0 Å². The van der Waals surface area contributed by atoms with Gasteiger partial charge in [0, 0.05) is 18.7 Å². The highest BCUT2D eigenvalue weighted by Crippen LogP contribution is 2.18. The van der Waals surface area contributed by atoms with Gasteiger partial charge < -0.3 is 9.84 Å². The Morgan fingerprint density at radius 1 is 1.12 bits per heavy atom. The lowest BCUT2D eigenvalue weighted by atomic mass is 10.1. The zero-order valence-electron chi connectivity index (χ0n) is 14.1. The number of sulfonamides is 1. The molecule has 0 spiro atoms. The lowest BCUT2D eigenvalue weighted by Gasteiger charge is -2.09. The van der Waals surface area contributed by atoms with Crippen LogP contribution in [0.25, 0.3) is 0 Å². The van der Waals surface area contributed by atoms with Gasteiger partial charge in [-0.15, -0.1) is 0 Å². The molecule has 1 amide bonds. The normalized spacial score (nSPS) is 11.5. The summed E-state index contributed by atoms with van der Waals surface area (Å²) in [5.74, 6) is -0.00574. The lowest BCUT2D eigenvalue weighted by molar-refractivity contribution is 0.0954. The molecule has 1 aromatic carbocycles. The fraction of sp³-hybridized carbons (Fsp3) is 0.375. The minimum absolute atomic E-state index is 0.0444. The fourth-order valence-corrected chi connectivity index (χ4v) is 3.63. The molecule has 2 rings (SSSR count). The number of hydrogen-bond acceptors (Lipinski definition) is 5. The summed E-state index contributed by atoms with van der Waals surface area (Å²) in [6.07, 6.45) is 0. The minimum Gasteiger partial charge on any atom is -0.360 e. The summed E-state index contributed by atoms with van der Waals surface area (Å²) in [5.41, 5.74) is 2.99. The Bertz CT molecular complexity index is 837. The highest BCUT2D eigenvalue weighted by atomic mass is 32.2. The first kappa shape index (κ1) is 18.2. The second-order valence-corrected chi connectivity index (χ2v) is 7.31. The largest absolute Gasteiger partial charge is 0.360 e. The van der Waals surface area contributed by atoms with Gasteiger partial charge in [0.25, 0.3) is 5.91 Å². The molecule has 1 heterocycles. The van der Waals surface area contributed by atoms with Crippen LogP contribution < -0.4 is 10.0 Å². The predicted molar refractivity (Wildman–Crippen MR) is 89.4 cm³/mol. The SMILES string of the molecule is Cc1ccc(C(=O)NCCNS(=O)(=O)c2c(C)noc2C)cc1C. The number of hydrogen-bond donors (Lipinski definition) is 2. The molecule has 8 heteroatoms. The molecule has 0 saturated carbocycles. The van der Waals surface area contributed by atoms with Gasteiger partial charge in [-0.05, 0) is 51.0 Å². The van der Waals surface area contributed by atoms with E-state index in [0.717, 1.165) is 11.1 Å². The van der Waals surface area contributed by atoms with E-state index in [2.05, 4.69) is 15.2 Å². The van der Waals surface area contributed by atoms with Crippen molar-refractivity contribution in [2.75, 3.05) is 13.1 Å². The number of nitrogens with one attached hydrogen (secondary N) is 2. The summed E-state index contributed by atoms with van der Waals surface area (Å²) in [6, 6.07) is 5.43. The van der Waals surface area contributed by atoms with E-state index in [1.165, 1.54) is 6.92 Å². The quantitative estimate of drug-likeness (QED) is 0.770. The number of benzene rings is 1. The van der Waals surface area contributed by atoms with Crippen LogP contribution in [-0.4, -0.2) is 32.6 Å². The van der Waals surface area contributed by atoms with Crippen molar-refractivity contribution in [2.45, 2.75) is 32.6 Å². The molecular weight excluding hydrogens is 330 g/mol. The van der Waals surface area contributed by atoms with Crippen LogP contribution in [0.1, 0.15) is 32.9 Å². The van der Waals surface area contributed by atoms with E-state index in [1.807, 2.05) is 19.9 Å². The fourth-order valence-electron chi connectivity index (χ4n) is 2.28. The summed E-state index contributed by atoms with van der Waals surface area (Å²) in [5, 5.41) is 6.32. The molecule has 2 aromatic rings. The van der Waals surface area contributed by atoms with Crippen LogP contribution in [0.4, 0.5) is 0 Å². The maximum atomic E-state index is 12.2. The number of amides is 1. The van der Waals surface area contributed by atoms with Gasteiger partial charge in [0.1, 0.15) is 10.6 Å². The van der Waals surface area contributed by atoms with E-state index < -0.39 is 10.0 Å². The number of nitrogens with zero attached hydrogens (tertiary/aromatic N) is 1. The Morgan fingerprint density at radius 3 is 2.42 bits per heavy atom. The van der Waals surface area contributed by atoms with E-state index in [1.54, 1.807) is 19.1 Å². The van der Waals surface area contributed by atoms with Crippen LogP contribution in [0.3, 0.4) is 0 Å². The maximum Gasteiger partial charge on any atom is 0.251 e. The van der Waals surface area contributed by atoms with Gasteiger partial charge in [-0.25, -0.2) is 13.1 Å². The number of aryl methyl sites for hydroxylation is 4. The predicted octanol–water partition coefficient (Wildman–Crippen LogP) is 1.62. The van der Waals surface area contributed by atoms with Crippen molar-refractivity contribution in [1.29, 1.82) is 0 Å². The highest BCUT2D eigenvalue weighted by Gasteiger charge is 2.23. The van der Waals surface area contributed by atoms with Gasteiger partial charge in [0.2, 0.25) is 10.0 Å². The van der Waals surface area contributed by atoms with Crippen LogP contribution >= 0.6 is 0 Å². The van der Waals surface area contributed by atoms with Crippen LogP contribution in [-0.2, 0) is 10.0 Å². The number of carbonyl (C=O) groups excluding carboxylic acids is 1. The van der Waals surface area contributed by atoms with Crippen LogP contribution in [0.15, 0.2) is 27.6 Å². The van der Waals surface area contributed by atoms with Crippen molar-refractivity contribution < 1.29 is 17.7 Å². The van der Waals surface area contributed by atoms with Crippen LogP contribution in [0, 0.1) is 27.7 Å². The summed E-state index contributed by atoms with van der Waals surface area (Å²) in [4.78, 5) is 12.1. The second-order valence-electron chi connectivity index (χ2n) is 5.61. The van der Waals surface area contributed by atoms with Crippen molar-refractivity contribution in [1.82, 2.24) is 15.2 Å². The number of aromatic nitrogens is 1. The monoisotopic (exact) mass is 351 g/mol. The molecule has 0 saturated heterocycles. The van der Waals surface area contributed by atoms with Gasteiger partial charge in [-0.3, -0.25) is 4.79 Å². The van der Waals surface area contributed by atoms with Gasteiger partial charge in [0.05, 0.1) is 0 Å². The van der Waals surface area contributed by atoms with E-state index in [4.69, 9.17) is 4.52 Å². The van der Waals surface area contributed by atoms with E-state index in [0.29, 0.717) is 11.3 Å². The molecule has 2 N–H and O–H groups in total. The zero-order valence-corrected chi connectivity index (χ0v) is 15.0. The van der Waals surface area contributed by atoms with Crippen molar-refractivity contribution in [3.63, 3.8) is 0 Å². The molecule has 0 bridgehead atoms. The Morgan fingerprint density at radius 2 is 1.83 bits per heavy atom. The first-order valence-electron chi connectivity index (χ1n) is 7.50. The second kappa shape index (κ2) is 7.14. The molecule has 0 unspecified atom stereocenters. The van der Waals surface area contributed by atoms with Gasteiger partial charge >= 0.3 is 0 Å². The molecule has 0 aliphatic heterocycles. The zero-order chi connectivity index (χ0) is 17.9. The molecule has 0 atom stereocenters. The highest BCUT2D eigenvalue weighted by molar-refractivity contribution is 7.89. The maximum absolute atomic E-state index is 12.2. The smallest absolute Gasteiger partial charge is 0.251 e. The van der Waals surface area contributed by atoms with Crippen molar-refractivity contribution in [2.24, 2.45) is 0 Å². The number of rotatable bonds is 6. The van der Waals surface area contributed by atoms with Gasteiger partial charge in [-0.2, -0.15) is 0 Å². The Balaban J connectivity index is 1.90. The third-order valence-corrected chi connectivity index (χ3v) is 5.41. The lowest BCUT2D eigenvalue weighted by Crippen LogP contribution is -2.35. The Kier molecular flexibility index (Phi) is 5.40. The molecular formula is C16H21N3O4S. The third kappa shape index (κ3) is 4.01. The van der Waals surface area contributed by atoms with Crippen molar-refractivity contribution in [3.8, 4) is 0 Å². The van der Waals surface area contributed by atoms with E-state index >= 15 is 0 Å². The first-order chi connectivity index (χ1) is 11.2. The minimum atomic E-state index is -3.71. The number of carbonyl (C=O) groups is 1. The molecule has 0 radical (unpaired) electrons. The van der Waals surface area contributed by atoms with Gasteiger partial charge in [0.15, 0.2) is 5.76 Å². The molecule has 0 fully saturated rings.